The topological polar surface area (TPSA) is 89.5 Å². The lowest BCUT2D eigenvalue weighted by Crippen LogP contribution is -2.17. The van der Waals surface area contributed by atoms with Crippen molar-refractivity contribution in [2.75, 3.05) is 17.6 Å². The van der Waals surface area contributed by atoms with Crippen molar-refractivity contribution in [3.63, 3.8) is 0 Å². The second-order valence-electron chi connectivity index (χ2n) is 6.35. The first-order chi connectivity index (χ1) is 12.7. The average molecular weight is 389 g/mol. The van der Waals surface area contributed by atoms with E-state index in [1.54, 1.807) is 24.3 Å². The first-order valence-corrected chi connectivity index (χ1v) is 10.5. The number of nitrogens with one attached hydrogen (secondary N) is 1. The summed E-state index contributed by atoms with van der Waals surface area (Å²) < 4.78 is 30.1. The molecule has 2 aromatic rings. The van der Waals surface area contributed by atoms with Gasteiger partial charge in [0.15, 0.2) is 12.4 Å². The van der Waals surface area contributed by atoms with E-state index in [4.69, 9.17) is 4.74 Å². The van der Waals surface area contributed by atoms with Gasteiger partial charge in [0.25, 0.3) is 0 Å². The Kier molecular flexibility index (Phi) is 6.74. The fraction of sp³-hybridized carbons (Fsp3) is 0.300. The van der Waals surface area contributed by atoms with Crippen molar-refractivity contribution in [1.29, 1.82) is 0 Å². The number of para-hydroxylation sites is 1. The molecule has 0 saturated carbocycles. The number of esters is 1. The van der Waals surface area contributed by atoms with E-state index in [1.807, 2.05) is 12.1 Å². The van der Waals surface area contributed by atoms with Crippen LogP contribution in [0.4, 0.5) is 5.69 Å². The molecule has 1 N–H and O–H groups in total. The Morgan fingerprint density at radius 2 is 1.70 bits per heavy atom. The monoisotopic (exact) mass is 389 g/mol. The maximum Gasteiger partial charge on any atom is 0.340 e. The normalized spacial score (nSPS) is 12.3. The van der Waals surface area contributed by atoms with Crippen LogP contribution in [0.25, 0.3) is 0 Å². The van der Waals surface area contributed by atoms with E-state index in [0.717, 1.165) is 18.2 Å². The molecule has 0 amide bonds. The van der Waals surface area contributed by atoms with Crippen molar-refractivity contribution in [3.05, 3.63) is 65.2 Å². The van der Waals surface area contributed by atoms with Crippen molar-refractivity contribution in [2.24, 2.45) is 0 Å². The van der Waals surface area contributed by atoms with E-state index in [0.29, 0.717) is 11.5 Å². The zero-order valence-corrected chi connectivity index (χ0v) is 16.4. The van der Waals surface area contributed by atoms with E-state index < -0.39 is 22.6 Å². The first-order valence-electron chi connectivity index (χ1n) is 8.58. The first kappa shape index (κ1) is 20.6. The van der Waals surface area contributed by atoms with Gasteiger partial charge >= 0.3 is 5.97 Å². The van der Waals surface area contributed by atoms with E-state index in [2.05, 4.69) is 18.6 Å². The maximum atomic E-state index is 12.3. The number of rotatable bonds is 8. The molecular formula is C20H23NO5S. The van der Waals surface area contributed by atoms with Crippen LogP contribution in [0.15, 0.2) is 48.5 Å². The standard InChI is InChI=1S/C20H23NO5S/c1-4-14(2)15-9-11-16(12-10-15)19(22)13-26-20(23)17-7-5-6-8-18(17)21-27(3,24)25/h5-12,14,21H,4,13H2,1-3H3/t14-/m0/s1. The van der Waals surface area contributed by atoms with Gasteiger partial charge in [-0.05, 0) is 30.0 Å². The number of sulfonamides is 1. The summed E-state index contributed by atoms with van der Waals surface area (Å²) in [6.45, 7) is 3.79. The molecule has 0 heterocycles. The van der Waals surface area contributed by atoms with Crippen LogP contribution in [-0.4, -0.2) is 33.0 Å². The van der Waals surface area contributed by atoms with Gasteiger partial charge in [0.1, 0.15) is 0 Å². The van der Waals surface area contributed by atoms with Crippen LogP contribution in [0.5, 0.6) is 0 Å². The van der Waals surface area contributed by atoms with Gasteiger partial charge in [0, 0.05) is 5.56 Å². The molecule has 2 rings (SSSR count). The quantitative estimate of drug-likeness (QED) is 0.550. The number of anilines is 1. The molecule has 144 valence electrons. The highest BCUT2D eigenvalue weighted by atomic mass is 32.2. The molecular weight excluding hydrogens is 366 g/mol. The fourth-order valence-corrected chi connectivity index (χ4v) is 3.05. The molecule has 6 nitrogen and oxygen atoms in total. The lowest BCUT2D eigenvalue weighted by atomic mass is 9.97. The third-order valence-electron chi connectivity index (χ3n) is 4.19. The lowest BCUT2D eigenvalue weighted by Gasteiger charge is -2.11. The molecule has 0 radical (unpaired) electrons. The molecule has 0 unspecified atom stereocenters. The second kappa shape index (κ2) is 8.81. The summed E-state index contributed by atoms with van der Waals surface area (Å²) >= 11 is 0. The van der Waals surface area contributed by atoms with Gasteiger partial charge in [-0.1, -0.05) is 50.2 Å². The summed E-state index contributed by atoms with van der Waals surface area (Å²) in [7, 11) is -3.55. The molecule has 0 bridgehead atoms. The van der Waals surface area contributed by atoms with E-state index in [-0.39, 0.29) is 17.0 Å². The Hall–Kier alpha value is -2.67. The van der Waals surface area contributed by atoms with Crippen LogP contribution in [0, 0.1) is 0 Å². The van der Waals surface area contributed by atoms with Gasteiger partial charge in [-0.3, -0.25) is 9.52 Å². The van der Waals surface area contributed by atoms with Crippen LogP contribution >= 0.6 is 0 Å². The molecule has 27 heavy (non-hydrogen) atoms. The van der Waals surface area contributed by atoms with Crippen LogP contribution < -0.4 is 4.72 Å². The van der Waals surface area contributed by atoms with Crippen LogP contribution in [0.3, 0.4) is 0 Å². The van der Waals surface area contributed by atoms with Gasteiger partial charge in [0.05, 0.1) is 17.5 Å². The lowest BCUT2D eigenvalue weighted by molar-refractivity contribution is 0.0476. The van der Waals surface area contributed by atoms with Gasteiger partial charge in [-0.2, -0.15) is 0 Å². The number of ketones is 1. The highest BCUT2D eigenvalue weighted by Crippen LogP contribution is 2.20. The van der Waals surface area contributed by atoms with Crippen molar-refractivity contribution >= 4 is 27.5 Å². The average Bonchev–Trinajstić information content (AvgIpc) is 2.64. The molecule has 0 aromatic heterocycles. The smallest absolute Gasteiger partial charge is 0.340 e. The van der Waals surface area contributed by atoms with E-state index in [9.17, 15) is 18.0 Å². The fourth-order valence-electron chi connectivity index (χ4n) is 2.48. The summed E-state index contributed by atoms with van der Waals surface area (Å²) in [6, 6.07) is 13.3. The Balaban J connectivity index is 2.04. The third-order valence-corrected chi connectivity index (χ3v) is 4.78. The Morgan fingerprint density at radius 3 is 2.30 bits per heavy atom. The van der Waals surface area contributed by atoms with Gasteiger partial charge in [-0.25, -0.2) is 13.2 Å². The minimum Gasteiger partial charge on any atom is -0.454 e. The number of Topliss-reactive ketones (excluding diaryl/α,β-unsaturated/α-hetero) is 1. The van der Waals surface area contributed by atoms with Crippen molar-refractivity contribution < 1.29 is 22.7 Å². The number of ether oxygens (including phenoxy) is 1. The predicted octanol–water partition coefficient (Wildman–Crippen LogP) is 3.61. The predicted molar refractivity (Wildman–Crippen MR) is 105 cm³/mol. The second-order valence-corrected chi connectivity index (χ2v) is 8.10. The van der Waals surface area contributed by atoms with E-state index >= 15 is 0 Å². The van der Waals surface area contributed by atoms with Crippen LogP contribution in [-0.2, 0) is 14.8 Å². The highest BCUT2D eigenvalue weighted by molar-refractivity contribution is 7.92. The number of benzene rings is 2. The molecule has 2 aromatic carbocycles. The minimum absolute atomic E-state index is 0.0443. The molecule has 0 aliphatic heterocycles. The molecule has 0 aliphatic carbocycles. The zero-order valence-electron chi connectivity index (χ0n) is 15.6. The summed E-state index contributed by atoms with van der Waals surface area (Å²) in [5.41, 5.74) is 1.75. The SMILES string of the molecule is CC[C@H](C)c1ccc(C(=O)COC(=O)c2ccccc2NS(C)(=O)=O)cc1. The van der Waals surface area contributed by atoms with Crippen LogP contribution in [0.1, 0.15) is 52.5 Å². The largest absolute Gasteiger partial charge is 0.454 e. The summed E-state index contributed by atoms with van der Waals surface area (Å²) in [5.74, 6) is -0.690. The molecule has 7 heteroatoms. The van der Waals surface area contributed by atoms with Gasteiger partial charge < -0.3 is 4.74 Å². The van der Waals surface area contributed by atoms with Crippen molar-refractivity contribution in [1.82, 2.24) is 0 Å². The molecule has 0 fully saturated rings. The molecule has 0 aliphatic rings. The zero-order chi connectivity index (χ0) is 20.0. The molecule has 0 spiro atoms. The number of carbonyl (C=O) groups is 2. The molecule has 0 saturated heterocycles. The number of hydrogen-bond donors (Lipinski definition) is 1. The Labute approximate surface area is 159 Å². The van der Waals surface area contributed by atoms with Gasteiger partial charge in [0.2, 0.25) is 10.0 Å². The van der Waals surface area contributed by atoms with Crippen molar-refractivity contribution in [3.8, 4) is 0 Å². The third kappa shape index (κ3) is 5.92. The number of carbonyl (C=O) groups excluding carboxylic acids is 2. The molecule has 1 atom stereocenters. The highest BCUT2D eigenvalue weighted by Gasteiger charge is 2.17. The summed E-state index contributed by atoms with van der Waals surface area (Å²) in [6.07, 6.45) is 1.99. The summed E-state index contributed by atoms with van der Waals surface area (Å²) in [5, 5.41) is 0. The van der Waals surface area contributed by atoms with Crippen molar-refractivity contribution in [2.45, 2.75) is 26.2 Å². The minimum atomic E-state index is -3.55. The maximum absolute atomic E-state index is 12.3. The summed E-state index contributed by atoms with van der Waals surface area (Å²) in [4.78, 5) is 24.5. The Bertz CT molecular complexity index is 920. The van der Waals surface area contributed by atoms with Crippen LogP contribution in [0.2, 0.25) is 0 Å². The van der Waals surface area contributed by atoms with E-state index in [1.165, 1.54) is 12.1 Å². The number of hydrogen-bond acceptors (Lipinski definition) is 5. The Morgan fingerprint density at radius 1 is 1.07 bits per heavy atom. The van der Waals surface area contributed by atoms with Gasteiger partial charge in [-0.15, -0.1) is 0 Å².